The average Bonchev–Trinajstić information content (AvgIpc) is 3.08. The molecule has 1 aromatic heterocycles. The van der Waals surface area contributed by atoms with Crippen LogP contribution in [0, 0.1) is 0 Å². The zero-order valence-corrected chi connectivity index (χ0v) is 11.9. The molecule has 1 aliphatic heterocycles. The Labute approximate surface area is 121 Å². The fourth-order valence-electron chi connectivity index (χ4n) is 2.65. The van der Waals surface area contributed by atoms with Crippen molar-refractivity contribution >= 4 is 17.7 Å². The van der Waals surface area contributed by atoms with Gasteiger partial charge < -0.3 is 14.6 Å². The molecule has 0 amide bonds. The maximum Gasteiger partial charge on any atom is 0.337 e. The fraction of sp³-hybridized carbons (Fsp3) is 0.571. The van der Waals surface area contributed by atoms with Crippen molar-refractivity contribution < 1.29 is 19.4 Å². The predicted molar refractivity (Wildman–Crippen MR) is 73.9 cm³/mol. The number of carboxylic acids is 1. The average molecular weight is 295 g/mol. The van der Waals surface area contributed by atoms with Gasteiger partial charge in [0.25, 0.3) is 0 Å². The molecule has 6 heteroatoms. The normalized spacial score (nSPS) is 24.3. The molecule has 1 saturated heterocycles. The topological polar surface area (TPSA) is 68.7 Å². The van der Waals surface area contributed by atoms with Crippen LogP contribution in [0.1, 0.15) is 36.0 Å². The first-order valence-electron chi connectivity index (χ1n) is 6.81. The molecule has 1 aliphatic carbocycles. The van der Waals surface area contributed by atoms with Gasteiger partial charge in [0.2, 0.25) is 0 Å². The minimum atomic E-state index is -0.954. The lowest BCUT2D eigenvalue weighted by molar-refractivity contribution is -0.159. The molecule has 1 spiro atoms. The maximum absolute atomic E-state index is 10.7. The van der Waals surface area contributed by atoms with Crippen molar-refractivity contribution in [2.45, 2.75) is 42.6 Å². The molecular formula is C14H17NO4S. The van der Waals surface area contributed by atoms with E-state index in [-0.39, 0.29) is 17.5 Å². The minimum absolute atomic E-state index is 0.0963. The van der Waals surface area contributed by atoms with E-state index in [4.69, 9.17) is 14.6 Å². The van der Waals surface area contributed by atoms with Crippen LogP contribution >= 0.6 is 11.8 Å². The van der Waals surface area contributed by atoms with E-state index in [0.717, 1.165) is 23.6 Å². The van der Waals surface area contributed by atoms with Crippen LogP contribution in [0.3, 0.4) is 0 Å². The minimum Gasteiger partial charge on any atom is -0.478 e. The van der Waals surface area contributed by atoms with Crippen LogP contribution < -0.4 is 0 Å². The molecule has 2 aliphatic rings. The number of nitrogens with zero attached hydrogens (tertiary/aromatic N) is 1. The highest BCUT2D eigenvalue weighted by molar-refractivity contribution is 7.99. The zero-order valence-electron chi connectivity index (χ0n) is 11.1. The van der Waals surface area contributed by atoms with Crippen LogP contribution in [0.4, 0.5) is 0 Å². The summed E-state index contributed by atoms with van der Waals surface area (Å²) in [4.78, 5) is 14.9. The number of thioether (sulfide) groups is 1. The van der Waals surface area contributed by atoms with Crippen LogP contribution in [0.25, 0.3) is 0 Å². The molecule has 0 radical (unpaired) electrons. The number of ether oxygens (including phenoxy) is 2. The third kappa shape index (κ3) is 2.97. The van der Waals surface area contributed by atoms with E-state index in [1.54, 1.807) is 23.9 Å². The smallest absolute Gasteiger partial charge is 0.337 e. The van der Waals surface area contributed by atoms with Crippen molar-refractivity contribution in [2.75, 3.05) is 12.4 Å². The monoisotopic (exact) mass is 295 g/mol. The van der Waals surface area contributed by atoms with Crippen LogP contribution in [0.15, 0.2) is 23.4 Å². The van der Waals surface area contributed by atoms with Crippen LogP contribution in [0.5, 0.6) is 0 Å². The van der Waals surface area contributed by atoms with Crippen LogP contribution in [-0.2, 0) is 9.47 Å². The predicted octanol–water partition coefficient (Wildman–Crippen LogP) is 2.56. The summed E-state index contributed by atoms with van der Waals surface area (Å²) in [5, 5.41) is 9.62. The Morgan fingerprint density at radius 2 is 2.25 bits per heavy atom. The van der Waals surface area contributed by atoms with Gasteiger partial charge >= 0.3 is 5.97 Å². The molecule has 3 rings (SSSR count). The number of hydrogen-bond acceptors (Lipinski definition) is 5. The molecular weight excluding hydrogens is 278 g/mol. The van der Waals surface area contributed by atoms with E-state index < -0.39 is 5.97 Å². The molecule has 1 saturated carbocycles. The largest absolute Gasteiger partial charge is 0.478 e. The highest BCUT2D eigenvalue weighted by Crippen LogP contribution is 2.40. The number of carbonyl (C=O) groups is 1. The lowest BCUT2D eigenvalue weighted by Gasteiger charge is -2.21. The number of aromatic nitrogens is 1. The van der Waals surface area contributed by atoms with E-state index >= 15 is 0 Å². The maximum atomic E-state index is 10.7. The van der Waals surface area contributed by atoms with Crippen molar-refractivity contribution in [2.24, 2.45) is 0 Å². The SMILES string of the molecule is O=C(O)c1ccc(SCC2COC3(CCCC3)O2)nc1. The van der Waals surface area contributed by atoms with Gasteiger partial charge in [0.1, 0.15) is 0 Å². The molecule has 2 heterocycles. The summed E-state index contributed by atoms with van der Waals surface area (Å²) in [6.07, 6.45) is 5.84. The van der Waals surface area contributed by atoms with Crippen molar-refractivity contribution in [3.05, 3.63) is 23.9 Å². The Morgan fingerprint density at radius 1 is 1.45 bits per heavy atom. The lowest BCUT2D eigenvalue weighted by atomic mass is 10.2. The lowest BCUT2D eigenvalue weighted by Crippen LogP contribution is -2.27. The highest BCUT2D eigenvalue weighted by atomic mass is 32.2. The molecule has 20 heavy (non-hydrogen) atoms. The Morgan fingerprint density at radius 3 is 2.90 bits per heavy atom. The number of hydrogen-bond donors (Lipinski definition) is 1. The van der Waals surface area contributed by atoms with Gasteiger partial charge in [-0.25, -0.2) is 9.78 Å². The third-order valence-electron chi connectivity index (χ3n) is 3.68. The quantitative estimate of drug-likeness (QED) is 0.861. The molecule has 5 nitrogen and oxygen atoms in total. The summed E-state index contributed by atoms with van der Waals surface area (Å²) >= 11 is 1.57. The first kappa shape index (κ1) is 13.9. The summed E-state index contributed by atoms with van der Waals surface area (Å²) in [7, 11) is 0. The molecule has 1 atom stereocenters. The zero-order chi connectivity index (χ0) is 14.0. The number of pyridine rings is 1. The third-order valence-corrected chi connectivity index (χ3v) is 4.76. The van der Waals surface area contributed by atoms with Gasteiger partial charge in [0.15, 0.2) is 5.79 Å². The molecule has 2 fully saturated rings. The van der Waals surface area contributed by atoms with E-state index in [2.05, 4.69) is 4.98 Å². The Balaban J connectivity index is 1.51. The van der Waals surface area contributed by atoms with E-state index in [9.17, 15) is 4.79 Å². The van der Waals surface area contributed by atoms with Crippen molar-refractivity contribution in [1.82, 2.24) is 4.98 Å². The standard InChI is InChI=1S/C14H17NO4S/c16-13(17)10-3-4-12(15-7-10)20-9-11-8-18-14(19-11)5-1-2-6-14/h3-4,7,11H,1-2,5-6,8-9H2,(H,16,17). The van der Waals surface area contributed by atoms with E-state index in [1.165, 1.54) is 19.0 Å². The van der Waals surface area contributed by atoms with E-state index in [0.29, 0.717) is 6.61 Å². The highest BCUT2D eigenvalue weighted by Gasteiger charge is 2.43. The van der Waals surface area contributed by atoms with Gasteiger partial charge in [0, 0.05) is 24.8 Å². The second-order valence-corrected chi connectivity index (χ2v) is 6.21. The van der Waals surface area contributed by atoms with Crippen molar-refractivity contribution in [3.8, 4) is 0 Å². The van der Waals surface area contributed by atoms with Gasteiger partial charge in [0.05, 0.1) is 23.3 Å². The number of rotatable bonds is 4. The van der Waals surface area contributed by atoms with Crippen molar-refractivity contribution in [3.63, 3.8) is 0 Å². The molecule has 108 valence electrons. The fourth-order valence-corrected chi connectivity index (χ4v) is 3.46. The van der Waals surface area contributed by atoms with Crippen LogP contribution in [-0.4, -0.2) is 40.3 Å². The molecule has 1 unspecified atom stereocenters. The summed E-state index contributed by atoms with van der Waals surface area (Å²) in [5.41, 5.74) is 0.208. The molecule has 0 bridgehead atoms. The van der Waals surface area contributed by atoms with Gasteiger partial charge in [-0.15, -0.1) is 11.8 Å². The summed E-state index contributed by atoms with van der Waals surface area (Å²) in [5.74, 6) is -0.489. The molecule has 0 aromatic carbocycles. The van der Waals surface area contributed by atoms with Crippen molar-refractivity contribution in [1.29, 1.82) is 0 Å². The molecule has 1 N–H and O–H groups in total. The Kier molecular flexibility index (Phi) is 3.96. The second-order valence-electron chi connectivity index (χ2n) is 5.17. The van der Waals surface area contributed by atoms with Gasteiger partial charge in [-0.2, -0.15) is 0 Å². The second kappa shape index (κ2) is 5.71. The summed E-state index contributed by atoms with van der Waals surface area (Å²) < 4.78 is 11.8. The number of carboxylic acid groups (broad SMARTS) is 1. The van der Waals surface area contributed by atoms with Gasteiger partial charge in [-0.3, -0.25) is 0 Å². The first-order valence-corrected chi connectivity index (χ1v) is 7.79. The number of aromatic carboxylic acids is 1. The summed E-state index contributed by atoms with van der Waals surface area (Å²) in [6, 6.07) is 3.30. The van der Waals surface area contributed by atoms with Gasteiger partial charge in [-0.1, -0.05) is 0 Å². The van der Waals surface area contributed by atoms with E-state index in [1.807, 2.05) is 0 Å². The molecule has 1 aromatic rings. The Hall–Kier alpha value is -1.11. The summed E-state index contributed by atoms with van der Waals surface area (Å²) in [6.45, 7) is 0.639. The van der Waals surface area contributed by atoms with Gasteiger partial charge in [-0.05, 0) is 25.0 Å². The van der Waals surface area contributed by atoms with Crippen LogP contribution in [0.2, 0.25) is 0 Å². The first-order chi connectivity index (χ1) is 9.67. The Bertz CT molecular complexity index is 484.